The van der Waals surface area contributed by atoms with Gasteiger partial charge in [-0.3, -0.25) is 18.9 Å². The number of hydrogen-bond acceptors (Lipinski definition) is 12. The van der Waals surface area contributed by atoms with Crippen LogP contribution in [0.2, 0.25) is 0 Å². The fraction of sp³-hybridized carbons (Fsp3) is 0.600. The number of rotatable bonds is 10. The van der Waals surface area contributed by atoms with E-state index in [4.69, 9.17) is 19.6 Å². The largest absolute Gasteiger partial charge is 1.00 e. The number of carbonyl (C=O) groups is 1. The normalized spacial score (nSPS) is 23.2. The van der Waals surface area contributed by atoms with Crippen LogP contribution in [-0.4, -0.2) is 104 Å². The number of nitrogens with one attached hydrogen (secondary N) is 2. The van der Waals surface area contributed by atoms with E-state index in [2.05, 4.69) is 24.8 Å². The standard InChI is InChI=1S/C15H22N5O12P.3Na/c21-2-5(22)1-6(14(26)27)17-15-18-11-8(12(25)19-15)16-4-20(11)13-10(24)9(23)7(32-13)3-31-33(28,29)30;;;/h4-7,9-10,13,21-24H,1-3H2,(H,26,27)(H2,28,29,30)(H2,17,18,19,25);;;/q;3*+1/t5?,6-,7-,9-,10-,13-;;;/m1.../s1. The SMILES string of the molecule is O=C(O)[C@@H](CC(O)CO)Nc1nc2c(ncn2[C@@H]2O[C@H](COP(=O)(O)O)[C@@H](O)[C@H]2O)c(=O)[nH]1.[Na+].[Na+].[Na+]. The maximum atomic E-state index is 12.4. The van der Waals surface area contributed by atoms with E-state index in [1.54, 1.807) is 0 Å². The molecule has 17 nitrogen and oxygen atoms in total. The molecule has 3 rings (SSSR count). The van der Waals surface area contributed by atoms with E-state index in [1.165, 1.54) is 0 Å². The van der Waals surface area contributed by atoms with E-state index in [9.17, 15) is 34.6 Å². The maximum Gasteiger partial charge on any atom is 1.00 e. The van der Waals surface area contributed by atoms with Gasteiger partial charge < -0.3 is 45.4 Å². The van der Waals surface area contributed by atoms with Gasteiger partial charge in [0, 0.05) is 6.42 Å². The number of aliphatic hydroxyl groups is 4. The van der Waals surface area contributed by atoms with Crippen molar-refractivity contribution in [3.8, 4) is 0 Å². The van der Waals surface area contributed by atoms with Gasteiger partial charge in [0.2, 0.25) is 5.95 Å². The van der Waals surface area contributed by atoms with Gasteiger partial charge in [-0.1, -0.05) is 0 Å². The predicted octanol–water partition coefficient (Wildman–Crippen LogP) is -12.5. The van der Waals surface area contributed by atoms with Crippen LogP contribution in [-0.2, 0) is 18.6 Å². The first-order valence-corrected chi connectivity index (χ1v) is 10.9. The van der Waals surface area contributed by atoms with Gasteiger partial charge in [0.1, 0.15) is 24.4 Å². The van der Waals surface area contributed by atoms with Crippen LogP contribution in [0.3, 0.4) is 0 Å². The number of ether oxygens (including phenoxy) is 1. The van der Waals surface area contributed by atoms with Gasteiger partial charge in [-0.25, -0.2) is 14.3 Å². The van der Waals surface area contributed by atoms with Crippen molar-refractivity contribution in [1.29, 1.82) is 0 Å². The second-order valence-electron chi connectivity index (χ2n) is 7.18. The van der Waals surface area contributed by atoms with E-state index >= 15 is 0 Å². The number of aliphatic carboxylic acids is 1. The van der Waals surface area contributed by atoms with Crippen molar-refractivity contribution >= 4 is 30.9 Å². The van der Waals surface area contributed by atoms with Gasteiger partial charge in [0.25, 0.3) is 5.56 Å². The summed E-state index contributed by atoms with van der Waals surface area (Å²) in [6, 6.07) is -1.44. The predicted molar refractivity (Wildman–Crippen MR) is 105 cm³/mol. The third kappa shape index (κ3) is 9.04. The van der Waals surface area contributed by atoms with E-state index < -0.39 is 75.7 Å². The van der Waals surface area contributed by atoms with Crippen LogP contribution in [0.25, 0.3) is 11.2 Å². The third-order valence-corrected chi connectivity index (χ3v) is 5.26. The van der Waals surface area contributed by atoms with Crippen LogP contribution in [0.1, 0.15) is 12.6 Å². The Kier molecular flexibility index (Phi) is 15.6. The van der Waals surface area contributed by atoms with Gasteiger partial charge in [-0.15, -0.1) is 0 Å². The molecular weight excluding hydrogens is 542 g/mol. The van der Waals surface area contributed by atoms with Gasteiger partial charge >= 0.3 is 102 Å². The number of aromatic nitrogens is 4. The number of aliphatic hydroxyl groups excluding tert-OH is 4. The molecule has 2 aromatic rings. The molecule has 6 atom stereocenters. The first-order chi connectivity index (χ1) is 15.4. The number of nitrogens with zero attached hydrogens (tertiary/aromatic N) is 3. The molecule has 0 amide bonds. The Morgan fingerprint density at radius 2 is 1.92 bits per heavy atom. The van der Waals surface area contributed by atoms with Crippen LogP contribution < -0.4 is 99.5 Å². The van der Waals surface area contributed by atoms with E-state index in [0.29, 0.717) is 0 Å². The Labute approximate surface area is 268 Å². The fourth-order valence-corrected chi connectivity index (χ4v) is 3.52. The molecule has 0 spiro atoms. The topological polar surface area (TPSA) is 270 Å². The molecule has 9 N–H and O–H groups in total. The first kappa shape index (κ1) is 36.5. The van der Waals surface area contributed by atoms with Crippen molar-refractivity contribution in [1.82, 2.24) is 19.5 Å². The molecule has 0 aliphatic carbocycles. The van der Waals surface area contributed by atoms with Crippen LogP contribution in [0.15, 0.2) is 11.1 Å². The smallest absolute Gasteiger partial charge is 0.480 e. The Morgan fingerprint density at radius 1 is 1.28 bits per heavy atom. The summed E-state index contributed by atoms with van der Waals surface area (Å²) in [5, 5.41) is 50.7. The molecule has 1 aliphatic heterocycles. The van der Waals surface area contributed by atoms with Crippen molar-refractivity contribution in [3.63, 3.8) is 0 Å². The monoisotopic (exact) mass is 564 g/mol. The minimum absolute atomic E-state index is 0. The number of anilines is 1. The number of fused-ring (bicyclic) bond motifs is 1. The van der Waals surface area contributed by atoms with Gasteiger partial charge in [-0.2, -0.15) is 4.98 Å². The van der Waals surface area contributed by atoms with E-state index in [0.717, 1.165) is 10.9 Å². The first-order valence-electron chi connectivity index (χ1n) is 9.38. The zero-order valence-corrected chi connectivity index (χ0v) is 26.5. The number of carboxylic acid groups (broad SMARTS) is 1. The summed E-state index contributed by atoms with van der Waals surface area (Å²) in [7, 11) is -4.87. The molecule has 184 valence electrons. The van der Waals surface area contributed by atoms with Crippen molar-refractivity contribution in [3.05, 3.63) is 16.7 Å². The zero-order chi connectivity index (χ0) is 24.5. The average molecular weight is 564 g/mol. The minimum atomic E-state index is -4.87. The molecule has 0 radical (unpaired) electrons. The number of hydrogen-bond donors (Lipinski definition) is 9. The summed E-state index contributed by atoms with van der Waals surface area (Å²) >= 11 is 0. The van der Waals surface area contributed by atoms with Crippen LogP contribution in [0.4, 0.5) is 5.95 Å². The molecule has 21 heteroatoms. The maximum absolute atomic E-state index is 12.4. The number of imidazole rings is 1. The molecule has 0 bridgehead atoms. The Hall–Kier alpha value is 0.530. The zero-order valence-electron chi connectivity index (χ0n) is 19.6. The molecule has 1 aliphatic rings. The van der Waals surface area contributed by atoms with Crippen molar-refractivity contribution < 1.29 is 143 Å². The summed E-state index contributed by atoms with van der Waals surface area (Å²) in [4.78, 5) is 51.6. The van der Waals surface area contributed by atoms with Gasteiger partial charge in [0.05, 0.1) is 25.6 Å². The fourth-order valence-electron chi connectivity index (χ4n) is 3.18. The van der Waals surface area contributed by atoms with Crippen LogP contribution in [0, 0.1) is 0 Å². The molecule has 1 saturated heterocycles. The van der Waals surface area contributed by atoms with Crippen molar-refractivity contribution in [2.45, 2.75) is 43.1 Å². The number of phosphoric ester groups is 1. The summed E-state index contributed by atoms with van der Waals surface area (Å²) in [5.74, 6) is -1.73. The molecule has 3 heterocycles. The summed E-state index contributed by atoms with van der Waals surface area (Å²) < 4.78 is 21.7. The number of aromatic amines is 1. The summed E-state index contributed by atoms with van der Waals surface area (Å²) in [5.41, 5.74) is -1.19. The van der Waals surface area contributed by atoms with E-state index in [-0.39, 0.29) is 106 Å². The van der Waals surface area contributed by atoms with Gasteiger partial charge in [0.15, 0.2) is 17.4 Å². The Bertz CT molecular complexity index is 1120. The van der Waals surface area contributed by atoms with E-state index in [1.807, 2.05) is 0 Å². The van der Waals surface area contributed by atoms with Crippen molar-refractivity contribution in [2.24, 2.45) is 0 Å². The number of phosphoric acid groups is 1. The molecule has 36 heavy (non-hydrogen) atoms. The second-order valence-corrected chi connectivity index (χ2v) is 8.42. The van der Waals surface area contributed by atoms with Crippen LogP contribution >= 0.6 is 7.82 Å². The quantitative estimate of drug-likeness (QED) is 0.0958. The molecular formula is C15H22N5Na3O12P+3. The van der Waals surface area contributed by atoms with Gasteiger partial charge in [-0.05, 0) is 0 Å². The number of H-pyrrole nitrogens is 1. The van der Waals surface area contributed by atoms with Crippen molar-refractivity contribution in [2.75, 3.05) is 18.5 Å². The molecule has 0 saturated carbocycles. The summed E-state index contributed by atoms with van der Waals surface area (Å²) in [6.07, 6.45) is -6.67. The summed E-state index contributed by atoms with van der Waals surface area (Å²) in [6.45, 7) is -1.44. The molecule has 1 unspecified atom stereocenters. The number of carboxylic acids is 1. The Morgan fingerprint density at radius 3 is 2.47 bits per heavy atom. The minimum Gasteiger partial charge on any atom is -0.480 e. The molecule has 2 aromatic heterocycles. The Balaban J connectivity index is 0.00000408. The third-order valence-electron chi connectivity index (χ3n) is 4.78. The second kappa shape index (κ2) is 15.4. The average Bonchev–Trinajstić information content (AvgIpc) is 3.27. The molecule has 1 fully saturated rings. The molecule has 0 aromatic carbocycles. The van der Waals surface area contributed by atoms with Crippen LogP contribution in [0.5, 0.6) is 0 Å².